The highest BCUT2D eigenvalue weighted by molar-refractivity contribution is 7.12. The number of aryl methyl sites for hydroxylation is 1. The maximum Gasteiger partial charge on any atom is 0.198 e. The number of carbonyl (C=O) groups excluding carboxylic acids is 1. The Bertz CT molecular complexity index is 622. The van der Waals surface area contributed by atoms with Crippen LogP contribution in [0.4, 0.5) is 0 Å². The molecule has 2 rings (SSSR count). The van der Waals surface area contributed by atoms with Crippen molar-refractivity contribution in [3.05, 3.63) is 51.7 Å². The maximum atomic E-state index is 12.4. The van der Waals surface area contributed by atoms with E-state index in [0.717, 1.165) is 5.56 Å². The minimum atomic E-state index is -0.784. The molecule has 4 heteroatoms. The summed E-state index contributed by atoms with van der Waals surface area (Å²) in [6.45, 7) is 1.97. The van der Waals surface area contributed by atoms with Crippen molar-refractivity contribution in [2.75, 3.05) is 7.11 Å². The third-order valence-electron chi connectivity index (χ3n) is 2.87. The summed E-state index contributed by atoms with van der Waals surface area (Å²) in [5.41, 5.74) is 1.81. The Labute approximate surface area is 116 Å². The average Bonchev–Trinajstić information content (AvgIpc) is 2.90. The van der Waals surface area contributed by atoms with Crippen LogP contribution >= 0.6 is 11.3 Å². The molecule has 0 saturated carbocycles. The fourth-order valence-corrected chi connectivity index (χ4v) is 2.64. The van der Waals surface area contributed by atoms with Gasteiger partial charge in [0.2, 0.25) is 0 Å². The van der Waals surface area contributed by atoms with Crippen molar-refractivity contribution in [1.82, 2.24) is 0 Å². The van der Waals surface area contributed by atoms with Gasteiger partial charge >= 0.3 is 0 Å². The number of thiophene rings is 1. The van der Waals surface area contributed by atoms with Gasteiger partial charge in [-0.15, -0.1) is 11.3 Å². The van der Waals surface area contributed by atoms with Crippen LogP contribution in [0.15, 0.2) is 35.7 Å². The van der Waals surface area contributed by atoms with E-state index >= 15 is 0 Å². The fraction of sp³-hybridized carbons (Fsp3) is 0.200. The molecule has 0 aliphatic rings. The molecule has 0 N–H and O–H groups in total. The first-order valence-corrected chi connectivity index (χ1v) is 6.67. The zero-order valence-electron chi connectivity index (χ0n) is 10.7. The molecule has 0 saturated heterocycles. The third kappa shape index (κ3) is 2.67. The van der Waals surface area contributed by atoms with Gasteiger partial charge in [-0.1, -0.05) is 29.8 Å². The van der Waals surface area contributed by atoms with Crippen LogP contribution in [-0.2, 0) is 0 Å². The predicted octanol–water partition coefficient (Wildman–Crippen LogP) is 3.56. The molecule has 2 aromatic rings. The molecule has 0 fully saturated rings. The van der Waals surface area contributed by atoms with Gasteiger partial charge in [0.1, 0.15) is 16.5 Å². The van der Waals surface area contributed by atoms with Crippen LogP contribution in [-0.4, -0.2) is 12.9 Å². The second-order valence-corrected chi connectivity index (χ2v) is 5.07. The fourth-order valence-electron chi connectivity index (χ4n) is 1.81. The van der Waals surface area contributed by atoms with Gasteiger partial charge in [-0.25, -0.2) is 0 Å². The Morgan fingerprint density at radius 3 is 2.58 bits per heavy atom. The summed E-state index contributed by atoms with van der Waals surface area (Å²) in [5, 5.41) is 11.1. The van der Waals surface area contributed by atoms with Crippen molar-refractivity contribution in [2.24, 2.45) is 0 Å². The van der Waals surface area contributed by atoms with Crippen molar-refractivity contribution in [1.29, 1.82) is 5.26 Å². The maximum absolute atomic E-state index is 12.4. The number of nitriles is 1. The van der Waals surface area contributed by atoms with Crippen molar-refractivity contribution < 1.29 is 9.53 Å². The summed E-state index contributed by atoms with van der Waals surface area (Å²) in [5.74, 6) is -0.464. The van der Waals surface area contributed by atoms with Crippen molar-refractivity contribution in [2.45, 2.75) is 12.8 Å². The van der Waals surface area contributed by atoms with E-state index in [1.54, 1.807) is 11.4 Å². The summed E-state index contributed by atoms with van der Waals surface area (Å²) < 4.78 is 5.14. The van der Waals surface area contributed by atoms with Crippen LogP contribution in [0.5, 0.6) is 5.75 Å². The summed E-state index contributed by atoms with van der Waals surface area (Å²) in [7, 11) is 1.52. The average molecular weight is 271 g/mol. The van der Waals surface area contributed by atoms with Gasteiger partial charge in [0, 0.05) is 0 Å². The minimum Gasteiger partial charge on any atom is -0.495 e. The first kappa shape index (κ1) is 13.3. The highest BCUT2D eigenvalue weighted by Gasteiger charge is 2.25. The molecule has 0 bridgehead atoms. The molecule has 1 unspecified atom stereocenters. The SMILES string of the molecule is COc1ccsc1C(=O)C(C#N)c1ccc(C)cc1. The Morgan fingerprint density at radius 1 is 1.32 bits per heavy atom. The van der Waals surface area contributed by atoms with Crippen LogP contribution in [0.1, 0.15) is 26.7 Å². The highest BCUT2D eigenvalue weighted by atomic mass is 32.1. The monoisotopic (exact) mass is 271 g/mol. The molecular formula is C15H13NO2S. The Morgan fingerprint density at radius 2 is 2.00 bits per heavy atom. The molecule has 1 atom stereocenters. The molecular weight excluding hydrogens is 258 g/mol. The van der Waals surface area contributed by atoms with Crippen molar-refractivity contribution >= 4 is 17.1 Å². The second kappa shape index (κ2) is 5.68. The van der Waals surface area contributed by atoms with Crippen LogP contribution in [0.2, 0.25) is 0 Å². The summed E-state index contributed by atoms with van der Waals surface area (Å²) in [6, 6.07) is 11.3. The molecule has 0 aliphatic carbocycles. The molecule has 1 aromatic carbocycles. The molecule has 0 aliphatic heterocycles. The molecule has 19 heavy (non-hydrogen) atoms. The number of ketones is 1. The predicted molar refractivity (Wildman–Crippen MR) is 74.7 cm³/mol. The zero-order chi connectivity index (χ0) is 13.8. The van der Waals surface area contributed by atoms with Gasteiger partial charge in [-0.3, -0.25) is 4.79 Å². The lowest BCUT2D eigenvalue weighted by molar-refractivity contribution is 0.0980. The van der Waals surface area contributed by atoms with Crippen molar-refractivity contribution in [3.63, 3.8) is 0 Å². The van der Waals surface area contributed by atoms with Crippen LogP contribution in [0.3, 0.4) is 0 Å². The number of benzene rings is 1. The molecule has 1 heterocycles. The van der Waals surface area contributed by atoms with E-state index in [0.29, 0.717) is 16.2 Å². The third-order valence-corrected chi connectivity index (χ3v) is 3.79. The number of ether oxygens (including phenoxy) is 1. The number of hydrogen-bond acceptors (Lipinski definition) is 4. The van der Waals surface area contributed by atoms with Gasteiger partial charge in [0.05, 0.1) is 13.2 Å². The van der Waals surface area contributed by atoms with Gasteiger partial charge in [-0.2, -0.15) is 5.26 Å². The summed E-state index contributed by atoms with van der Waals surface area (Å²) in [6.07, 6.45) is 0. The Hall–Kier alpha value is -2.12. The lowest BCUT2D eigenvalue weighted by atomic mass is 9.94. The number of methoxy groups -OCH3 is 1. The quantitative estimate of drug-likeness (QED) is 0.799. The van der Waals surface area contributed by atoms with E-state index in [1.165, 1.54) is 18.4 Å². The van der Waals surface area contributed by atoms with E-state index in [1.807, 2.05) is 31.2 Å². The summed E-state index contributed by atoms with van der Waals surface area (Å²) in [4.78, 5) is 12.9. The van der Waals surface area contributed by atoms with Gasteiger partial charge in [-0.05, 0) is 23.9 Å². The molecule has 0 amide bonds. The topological polar surface area (TPSA) is 50.1 Å². The first-order valence-electron chi connectivity index (χ1n) is 5.79. The zero-order valence-corrected chi connectivity index (χ0v) is 11.5. The standard InChI is InChI=1S/C15H13NO2S/c1-10-3-5-11(6-4-10)12(9-16)14(17)15-13(18-2)7-8-19-15/h3-8,12H,1-2H3. The molecule has 3 nitrogen and oxygen atoms in total. The van der Waals surface area contributed by atoms with Crippen LogP contribution in [0, 0.1) is 18.3 Å². The minimum absolute atomic E-state index is 0.210. The molecule has 0 spiro atoms. The van der Waals surface area contributed by atoms with Gasteiger partial charge in [0.25, 0.3) is 0 Å². The van der Waals surface area contributed by atoms with E-state index in [9.17, 15) is 10.1 Å². The summed E-state index contributed by atoms with van der Waals surface area (Å²) >= 11 is 1.30. The molecule has 96 valence electrons. The number of rotatable bonds is 4. The van der Waals surface area contributed by atoms with Gasteiger partial charge in [0.15, 0.2) is 5.78 Å². The van der Waals surface area contributed by atoms with E-state index in [2.05, 4.69) is 6.07 Å². The Kier molecular flexibility index (Phi) is 3.98. The van der Waals surface area contributed by atoms with E-state index in [-0.39, 0.29) is 5.78 Å². The largest absolute Gasteiger partial charge is 0.495 e. The van der Waals surface area contributed by atoms with Crippen LogP contribution in [0.25, 0.3) is 0 Å². The number of Topliss-reactive ketones (excluding diaryl/α,β-unsaturated/α-hetero) is 1. The first-order chi connectivity index (χ1) is 9.17. The van der Waals surface area contributed by atoms with E-state index < -0.39 is 5.92 Å². The van der Waals surface area contributed by atoms with Crippen molar-refractivity contribution in [3.8, 4) is 11.8 Å². The molecule has 0 radical (unpaired) electrons. The highest BCUT2D eigenvalue weighted by Crippen LogP contribution is 2.30. The smallest absolute Gasteiger partial charge is 0.198 e. The molecule has 1 aromatic heterocycles. The number of hydrogen-bond donors (Lipinski definition) is 0. The second-order valence-electron chi connectivity index (χ2n) is 4.16. The lowest BCUT2D eigenvalue weighted by Gasteiger charge is -2.09. The Balaban J connectivity index is 2.35. The normalized spacial score (nSPS) is 11.6. The van der Waals surface area contributed by atoms with E-state index in [4.69, 9.17) is 4.74 Å². The van der Waals surface area contributed by atoms with Gasteiger partial charge < -0.3 is 4.74 Å². The van der Waals surface area contributed by atoms with Crippen LogP contribution < -0.4 is 4.74 Å². The number of nitrogens with zero attached hydrogens (tertiary/aromatic N) is 1. The number of carbonyl (C=O) groups is 1. The lowest BCUT2D eigenvalue weighted by Crippen LogP contribution is -2.10.